The van der Waals surface area contributed by atoms with Crippen LogP contribution in [0.25, 0.3) is 0 Å². The van der Waals surface area contributed by atoms with Crippen molar-refractivity contribution in [2.24, 2.45) is 17.1 Å². The number of rotatable bonds is 8. The molecule has 3 rings (SSSR count). The highest BCUT2D eigenvalue weighted by Crippen LogP contribution is 2.26. The predicted molar refractivity (Wildman–Crippen MR) is 126 cm³/mol. The van der Waals surface area contributed by atoms with Gasteiger partial charge in [-0.25, -0.2) is 0 Å². The SMILES string of the molecule is CC(C)(CN)CN(Cc1ccc(NC(=O)C2CCCC2)cc1)C(=O)c1ccc(C#N)cc1. The monoisotopic (exact) mass is 432 g/mol. The van der Waals surface area contributed by atoms with Gasteiger partial charge in [0.1, 0.15) is 0 Å². The molecule has 0 unspecified atom stereocenters. The fourth-order valence-corrected chi connectivity index (χ4v) is 4.00. The largest absolute Gasteiger partial charge is 0.334 e. The summed E-state index contributed by atoms with van der Waals surface area (Å²) in [5.41, 5.74) is 8.49. The molecule has 1 fully saturated rings. The molecule has 1 aliphatic carbocycles. The highest BCUT2D eigenvalue weighted by molar-refractivity contribution is 5.94. The highest BCUT2D eigenvalue weighted by Gasteiger charge is 2.25. The number of benzene rings is 2. The summed E-state index contributed by atoms with van der Waals surface area (Å²) in [4.78, 5) is 27.4. The molecule has 0 atom stereocenters. The summed E-state index contributed by atoms with van der Waals surface area (Å²) in [6.45, 7) is 5.46. The van der Waals surface area contributed by atoms with Crippen molar-refractivity contribution in [3.63, 3.8) is 0 Å². The Labute approximate surface area is 190 Å². The summed E-state index contributed by atoms with van der Waals surface area (Å²) in [6, 6.07) is 16.4. The van der Waals surface area contributed by atoms with Crippen LogP contribution in [0, 0.1) is 22.7 Å². The average molecular weight is 433 g/mol. The quantitative estimate of drug-likeness (QED) is 0.649. The Bertz CT molecular complexity index is 968. The van der Waals surface area contributed by atoms with Gasteiger partial charge in [-0.15, -0.1) is 0 Å². The first-order chi connectivity index (χ1) is 15.3. The number of anilines is 1. The molecule has 6 heteroatoms. The van der Waals surface area contributed by atoms with Crippen LogP contribution in [0.2, 0.25) is 0 Å². The van der Waals surface area contributed by atoms with Crippen molar-refractivity contribution in [2.75, 3.05) is 18.4 Å². The molecule has 1 saturated carbocycles. The third-order valence-corrected chi connectivity index (χ3v) is 6.04. The van der Waals surface area contributed by atoms with E-state index in [1.807, 2.05) is 38.1 Å². The molecule has 0 bridgehead atoms. The zero-order valence-corrected chi connectivity index (χ0v) is 18.9. The Balaban J connectivity index is 1.72. The van der Waals surface area contributed by atoms with E-state index < -0.39 is 0 Å². The molecular formula is C26H32N4O2. The first-order valence-corrected chi connectivity index (χ1v) is 11.2. The van der Waals surface area contributed by atoms with E-state index in [1.165, 1.54) is 0 Å². The lowest BCUT2D eigenvalue weighted by Crippen LogP contribution is -2.41. The minimum atomic E-state index is -0.239. The lowest BCUT2D eigenvalue weighted by atomic mass is 9.92. The molecule has 0 spiro atoms. The van der Waals surface area contributed by atoms with E-state index in [1.54, 1.807) is 29.2 Å². The molecule has 168 valence electrons. The molecular weight excluding hydrogens is 400 g/mol. The molecule has 0 aliphatic heterocycles. The van der Waals surface area contributed by atoms with Gasteiger partial charge in [0.2, 0.25) is 5.91 Å². The van der Waals surface area contributed by atoms with Gasteiger partial charge < -0.3 is 16.0 Å². The summed E-state index contributed by atoms with van der Waals surface area (Å²) < 4.78 is 0. The van der Waals surface area contributed by atoms with Crippen molar-refractivity contribution in [3.05, 3.63) is 65.2 Å². The maximum Gasteiger partial charge on any atom is 0.254 e. The van der Waals surface area contributed by atoms with Crippen molar-refractivity contribution in [1.82, 2.24) is 4.90 Å². The Morgan fingerprint density at radius 3 is 2.28 bits per heavy atom. The summed E-state index contributed by atoms with van der Waals surface area (Å²) >= 11 is 0. The number of hydrogen-bond donors (Lipinski definition) is 2. The van der Waals surface area contributed by atoms with Gasteiger partial charge in [0.25, 0.3) is 5.91 Å². The molecule has 0 radical (unpaired) electrons. The molecule has 0 aromatic heterocycles. The first-order valence-electron chi connectivity index (χ1n) is 11.2. The van der Waals surface area contributed by atoms with Gasteiger partial charge in [-0.3, -0.25) is 9.59 Å². The molecule has 2 aromatic rings. The first kappa shape index (κ1) is 23.5. The molecule has 0 heterocycles. The summed E-state index contributed by atoms with van der Waals surface area (Å²) in [5, 5.41) is 12.0. The van der Waals surface area contributed by atoms with E-state index in [9.17, 15) is 9.59 Å². The summed E-state index contributed by atoms with van der Waals surface area (Å²) in [5.74, 6) is 0.112. The average Bonchev–Trinajstić information content (AvgIpc) is 3.34. The van der Waals surface area contributed by atoms with E-state index >= 15 is 0 Å². The molecule has 2 amide bonds. The normalized spacial score (nSPS) is 14.1. The van der Waals surface area contributed by atoms with Crippen molar-refractivity contribution in [1.29, 1.82) is 5.26 Å². The lowest BCUT2D eigenvalue weighted by molar-refractivity contribution is -0.119. The Hall–Kier alpha value is -3.17. The topological polar surface area (TPSA) is 99.2 Å². The van der Waals surface area contributed by atoms with Crippen LogP contribution in [0.5, 0.6) is 0 Å². The van der Waals surface area contributed by atoms with E-state index in [0.717, 1.165) is 36.9 Å². The molecule has 3 N–H and O–H groups in total. The maximum absolute atomic E-state index is 13.2. The Kier molecular flexibility index (Phi) is 7.66. The van der Waals surface area contributed by atoms with Crippen molar-refractivity contribution >= 4 is 17.5 Å². The number of nitrogens with one attached hydrogen (secondary N) is 1. The molecule has 0 saturated heterocycles. The number of nitriles is 1. The lowest BCUT2D eigenvalue weighted by Gasteiger charge is -2.32. The van der Waals surface area contributed by atoms with Crippen LogP contribution in [0.3, 0.4) is 0 Å². The zero-order valence-electron chi connectivity index (χ0n) is 18.9. The minimum Gasteiger partial charge on any atom is -0.334 e. The van der Waals surface area contributed by atoms with E-state index in [4.69, 9.17) is 11.0 Å². The fourth-order valence-electron chi connectivity index (χ4n) is 4.00. The van der Waals surface area contributed by atoms with Gasteiger partial charge in [0, 0.05) is 30.3 Å². The van der Waals surface area contributed by atoms with Crippen molar-refractivity contribution in [3.8, 4) is 6.07 Å². The smallest absolute Gasteiger partial charge is 0.254 e. The second-order valence-corrected chi connectivity index (χ2v) is 9.39. The van der Waals surface area contributed by atoms with Crippen LogP contribution >= 0.6 is 0 Å². The Morgan fingerprint density at radius 1 is 1.09 bits per heavy atom. The highest BCUT2D eigenvalue weighted by atomic mass is 16.2. The fraction of sp³-hybridized carbons (Fsp3) is 0.423. The van der Waals surface area contributed by atoms with Gasteiger partial charge >= 0.3 is 0 Å². The third kappa shape index (κ3) is 6.18. The van der Waals surface area contributed by atoms with Crippen LogP contribution in [-0.2, 0) is 11.3 Å². The van der Waals surface area contributed by atoms with Crippen LogP contribution in [-0.4, -0.2) is 29.8 Å². The van der Waals surface area contributed by atoms with Crippen molar-refractivity contribution in [2.45, 2.75) is 46.1 Å². The number of carbonyl (C=O) groups is 2. The van der Waals surface area contributed by atoms with E-state index in [-0.39, 0.29) is 23.1 Å². The molecule has 32 heavy (non-hydrogen) atoms. The van der Waals surface area contributed by atoms with Crippen LogP contribution in [0.1, 0.15) is 61.0 Å². The number of carbonyl (C=O) groups excluding carboxylic acids is 2. The standard InChI is InChI=1S/C26H32N4O2/c1-26(2,17-28)18-30(25(32)22-11-7-19(15-27)8-12-22)16-20-9-13-23(14-10-20)29-24(31)21-5-3-4-6-21/h7-14,21H,3-6,16-18,28H2,1-2H3,(H,29,31). The third-order valence-electron chi connectivity index (χ3n) is 6.04. The molecule has 2 aromatic carbocycles. The maximum atomic E-state index is 13.2. The second-order valence-electron chi connectivity index (χ2n) is 9.39. The van der Waals surface area contributed by atoms with Gasteiger partial charge in [0.15, 0.2) is 0 Å². The number of amides is 2. The van der Waals surface area contributed by atoms with Crippen LogP contribution in [0.15, 0.2) is 48.5 Å². The number of nitrogens with two attached hydrogens (primary N) is 1. The van der Waals surface area contributed by atoms with Crippen LogP contribution < -0.4 is 11.1 Å². The number of nitrogens with zero attached hydrogens (tertiary/aromatic N) is 2. The predicted octanol–water partition coefficient (Wildman–Crippen LogP) is 4.31. The van der Waals surface area contributed by atoms with Gasteiger partial charge in [-0.2, -0.15) is 5.26 Å². The van der Waals surface area contributed by atoms with Gasteiger partial charge in [0.05, 0.1) is 11.6 Å². The van der Waals surface area contributed by atoms with E-state index in [0.29, 0.717) is 30.8 Å². The van der Waals surface area contributed by atoms with Crippen molar-refractivity contribution < 1.29 is 9.59 Å². The summed E-state index contributed by atoms with van der Waals surface area (Å²) in [6.07, 6.45) is 4.18. The Morgan fingerprint density at radius 2 is 1.72 bits per heavy atom. The number of hydrogen-bond acceptors (Lipinski definition) is 4. The summed E-state index contributed by atoms with van der Waals surface area (Å²) in [7, 11) is 0. The van der Waals surface area contributed by atoms with Crippen LogP contribution in [0.4, 0.5) is 5.69 Å². The minimum absolute atomic E-state index is 0.0950. The zero-order chi connectivity index (χ0) is 23.1. The molecule has 1 aliphatic rings. The van der Waals surface area contributed by atoms with Gasteiger partial charge in [-0.05, 0) is 66.8 Å². The second kappa shape index (κ2) is 10.4. The van der Waals surface area contributed by atoms with E-state index in [2.05, 4.69) is 11.4 Å². The van der Waals surface area contributed by atoms with Gasteiger partial charge in [-0.1, -0.05) is 38.8 Å². The molecule has 6 nitrogen and oxygen atoms in total.